The molecule has 2 aromatic carbocycles. The van der Waals surface area contributed by atoms with E-state index < -0.39 is 0 Å². The number of hydrogen-bond donors (Lipinski definition) is 0. The Balaban J connectivity index is 1.97. The average Bonchev–Trinajstić information content (AvgIpc) is 2.51. The van der Waals surface area contributed by atoms with Crippen LogP contribution >= 0.6 is 11.6 Å². The van der Waals surface area contributed by atoms with E-state index in [-0.39, 0.29) is 0 Å². The van der Waals surface area contributed by atoms with Crippen molar-refractivity contribution in [3.63, 3.8) is 0 Å². The van der Waals surface area contributed by atoms with Gasteiger partial charge in [-0.1, -0.05) is 17.7 Å². The molecule has 5 heteroatoms. The second-order valence-corrected chi connectivity index (χ2v) is 5.53. The average molecular weight is 332 g/mol. The zero-order chi connectivity index (χ0) is 16.8. The lowest BCUT2D eigenvalue weighted by Gasteiger charge is -2.13. The minimum absolute atomic E-state index is 0.314. The van der Waals surface area contributed by atoms with E-state index in [4.69, 9.17) is 31.1 Å². The SMILES string of the molecule is COc1cc(C#N)cc(Cl)c1OCCOc1cc(C)cc(C)c1. The molecule has 2 aromatic rings. The molecule has 0 amide bonds. The van der Waals surface area contributed by atoms with Crippen LogP contribution in [0.4, 0.5) is 0 Å². The van der Waals surface area contributed by atoms with Crippen molar-refractivity contribution in [1.29, 1.82) is 5.26 Å². The number of rotatable bonds is 6. The second kappa shape index (κ2) is 7.75. The maximum absolute atomic E-state index is 8.93. The molecule has 0 saturated carbocycles. The molecular weight excluding hydrogens is 314 g/mol. The highest BCUT2D eigenvalue weighted by atomic mass is 35.5. The molecule has 0 radical (unpaired) electrons. The van der Waals surface area contributed by atoms with Crippen LogP contribution in [0.3, 0.4) is 0 Å². The maximum atomic E-state index is 8.93. The topological polar surface area (TPSA) is 51.5 Å². The Hall–Kier alpha value is -2.38. The molecule has 0 saturated heterocycles. The van der Waals surface area contributed by atoms with Gasteiger partial charge in [0.25, 0.3) is 0 Å². The number of nitriles is 1. The van der Waals surface area contributed by atoms with Gasteiger partial charge in [0, 0.05) is 6.07 Å². The van der Waals surface area contributed by atoms with Crippen molar-refractivity contribution < 1.29 is 14.2 Å². The van der Waals surface area contributed by atoms with E-state index in [1.807, 2.05) is 32.0 Å². The smallest absolute Gasteiger partial charge is 0.179 e. The summed E-state index contributed by atoms with van der Waals surface area (Å²) in [5.74, 6) is 1.65. The van der Waals surface area contributed by atoms with Crippen LogP contribution in [0.25, 0.3) is 0 Å². The van der Waals surface area contributed by atoms with E-state index in [1.165, 1.54) is 7.11 Å². The Morgan fingerprint density at radius 3 is 2.26 bits per heavy atom. The minimum Gasteiger partial charge on any atom is -0.493 e. The molecule has 0 spiro atoms. The lowest BCUT2D eigenvalue weighted by molar-refractivity contribution is 0.211. The van der Waals surface area contributed by atoms with Crippen LogP contribution in [0, 0.1) is 25.2 Å². The third-order valence-corrected chi connectivity index (χ3v) is 3.43. The van der Waals surface area contributed by atoms with Crippen LogP contribution in [-0.2, 0) is 0 Å². The second-order valence-electron chi connectivity index (χ2n) is 5.12. The van der Waals surface area contributed by atoms with Crippen LogP contribution in [-0.4, -0.2) is 20.3 Å². The number of ether oxygens (including phenoxy) is 3. The summed E-state index contributed by atoms with van der Waals surface area (Å²) in [6.07, 6.45) is 0. The highest BCUT2D eigenvalue weighted by Crippen LogP contribution is 2.36. The number of benzene rings is 2. The standard InChI is InChI=1S/C18H18ClNO3/c1-12-6-13(2)8-15(7-12)22-4-5-23-18-16(19)9-14(11-20)10-17(18)21-3/h6-10H,4-5H2,1-3H3. The van der Waals surface area contributed by atoms with E-state index in [0.29, 0.717) is 35.3 Å². The van der Waals surface area contributed by atoms with Crippen LogP contribution in [0.15, 0.2) is 30.3 Å². The summed E-state index contributed by atoms with van der Waals surface area (Å²) in [6.45, 7) is 4.74. The normalized spacial score (nSPS) is 10.0. The fraction of sp³-hybridized carbons (Fsp3) is 0.278. The first-order valence-electron chi connectivity index (χ1n) is 7.15. The van der Waals surface area contributed by atoms with Crippen molar-refractivity contribution in [2.45, 2.75) is 13.8 Å². The van der Waals surface area contributed by atoms with Gasteiger partial charge in [-0.2, -0.15) is 5.26 Å². The van der Waals surface area contributed by atoms with E-state index >= 15 is 0 Å². The zero-order valence-corrected chi connectivity index (χ0v) is 14.1. The number of hydrogen-bond acceptors (Lipinski definition) is 4. The van der Waals surface area contributed by atoms with Crippen molar-refractivity contribution in [2.24, 2.45) is 0 Å². The molecule has 0 aliphatic carbocycles. The van der Waals surface area contributed by atoms with Crippen LogP contribution < -0.4 is 14.2 Å². The fourth-order valence-corrected chi connectivity index (χ4v) is 2.51. The molecule has 0 aliphatic heterocycles. The zero-order valence-electron chi connectivity index (χ0n) is 13.4. The van der Waals surface area contributed by atoms with Gasteiger partial charge >= 0.3 is 0 Å². The summed E-state index contributed by atoms with van der Waals surface area (Å²) < 4.78 is 16.5. The van der Waals surface area contributed by atoms with Crippen LogP contribution in [0.2, 0.25) is 5.02 Å². The first kappa shape index (κ1) is 17.0. The Morgan fingerprint density at radius 1 is 1.00 bits per heavy atom. The van der Waals surface area contributed by atoms with Crippen molar-refractivity contribution in [3.8, 4) is 23.3 Å². The number of methoxy groups -OCH3 is 1. The molecule has 23 heavy (non-hydrogen) atoms. The quantitative estimate of drug-likeness (QED) is 0.741. The third-order valence-electron chi connectivity index (χ3n) is 3.15. The van der Waals surface area contributed by atoms with Gasteiger partial charge in [0.2, 0.25) is 0 Å². The monoisotopic (exact) mass is 331 g/mol. The number of halogens is 1. The Bertz CT molecular complexity index is 718. The largest absolute Gasteiger partial charge is 0.493 e. The van der Waals surface area contributed by atoms with Gasteiger partial charge in [0.15, 0.2) is 11.5 Å². The summed E-state index contributed by atoms with van der Waals surface area (Å²) in [7, 11) is 1.51. The number of aryl methyl sites for hydroxylation is 2. The van der Waals surface area contributed by atoms with Gasteiger partial charge < -0.3 is 14.2 Å². The molecule has 2 rings (SSSR count). The van der Waals surface area contributed by atoms with Gasteiger partial charge in [0.1, 0.15) is 19.0 Å². The van der Waals surface area contributed by atoms with Gasteiger partial charge in [-0.15, -0.1) is 0 Å². The van der Waals surface area contributed by atoms with Crippen LogP contribution in [0.5, 0.6) is 17.2 Å². The highest BCUT2D eigenvalue weighted by molar-refractivity contribution is 6.32. The van der Waals surface area contributed by atoms with Crippen molar-refractivity contribution in [3.05, 3.63) is 52.0 Å². The molecule has 0 heterocycles. The molecule has 0 aromatic heterocycles. The van der Waals surface area contributed by atoms with Gasteiger partial charge in [-0.05, 0) is 43.2 Å². The molecule has 4 nitrogen and oxygen atoms in total. The summed E-state index contributed by atoms with van der Waals surface area (Å²) >= 11 is 6.13. The molecule has 0 fully saturated rings. The Kier molecular flexibility index (Phi) is 5.72. The predicted octanol–water partition coefficient (Wildman–Crippen LogP) is 4.29. The first-order valence-corrected chi connectivity index (χ1v) is 7.53. The predicted molar refractivity (Wildman–Crippen MR) is 89.6 cm³/mol. The summed E-state index contributed by atoms with van der Waals surface area (Å²) in [6, 6.07) is 11.2. The van der Waals surface area contributed by atoms with Crippen molar-refractivity contribution >= 4 is 11.6 Å². The molecule has 0 atom stereocenters. The van der Waals surface area contributed by atoms with Gasteiger partial charge in [-0.25, -0.2) is 0 Å². The van der Waals surface area contributed by atoms with Gasteiger partial charge in [0.05, 0.1) is 23.8 Å². The molecule has 0 N–H and O–H groups in total. The van der Waals surface area contributed by atoms with Crippen molar-refractivity contribution in [1.82, 2.24) is 0 Å². The van der Waals surface area contributed by atoms with E-state index in [0.717, 1.165) is 16.9 Å². The summed E-state index contributed by atoms with van der Waals surface area (Å²) in [4.78, 5) is 0. The molecule has 0 aliphatic rings. The Labute approximate surface area is 141 Å². The van der Waals surface area contributed by atoms with E-state index in [2.05, 4.69) is 6.07 Å². The summed E-state index contributed by atoms with van der Waals surface area (Å²) in [5, 5.41) is 9.27. The van der Waals surface area contributed by atoms with Gasteiger partial charge in [-0.3, -0.25) is 0 Å². The third kappa shape index (κ3) is 4.54. The molecular formula is C18H18ClNO3. The summed E-state index contributed by atoms with van der Waals surface area (Å²) in [5.41, 5.74) is 2.72. The molecule has 0 unspecified atom stereocenters. The minimum atomic E-state index is 0.314. The first-order chi connectivity index (χ1) is 11.0. The van der Waals surface area contributed by atoms with E-state index in [1.54, 1.807) is 12.1 Å². The van der Waals surface area contributed by atoms with E-state index in [9.17, 15) is 0 Å². The maximum Gasteiger partial charge on any atom is 0.179 e. The highest BCUT2D eigenvalue weighted by Gasteiger charge is 2.12. The van der Waals surface area contributed by atoms with Crippen LogP contribution in [0.1, 0.15) is 16.7 Å². The molecule has 120 valence electrons. The Morgan fingerprint density at radius 2 is 1.65 bits per heavy atom. The fourth-order valence-electron chi connectivity index (χ4n) is 2.24. The lowest BCUT2D eigenvalue weighted by atomic mass is 10.1. The van der Waals surface area contributed by atoms with Crippen molar-refractivity contribution in [2.75, 3.05) is 20.3 Å². The number of nitrogens with zero attached hydrogens (tertiary/aromatic N) is 1. The molecule has 0 bridgehead atoms. The lowest BCUT2D eigenvalue weighted by Crippen LogP contribution is -2.10.